The quantitative estimate of drug-likeness (QED) is 0.337. The Morgan fingerprint density at radius 2 is 1.50 bits per heavy atom. The van der Waals surface area contributed by atoms with Crippen LogP contribution in [-0.4, -0.2) is 9.97 Å². The first-order valence-corrected chi connectivity index (χ1v) is 1.70. The van der Waals surface area contributed by atoms with Crippen LogP contribution in [0.25, 0.3) is 0 Å². The van der Waals surface area contributed by atoms with Gasteiger partial charge in [0.2, 0.25) is 0 Å². The van der Waals surface area contributed by atoms with Gasteiger partial charge in [0, 0.05) is 12.4 Å². The Kier molecular flexibility index (Phi) is 12.8. The third kappa shape index (κ3) is 5.58. The molecule has 1 aromatic heterocycles. The molecule has 0 aliphatic heterocycles. The van der Waals surface area contributed by atoms with E-state index in [2.05, 4.69) is 9.97 Å². The molecule has 1 heterocycles. The van der Waals surface area contributed by atoms with E-state index in [1.807, 2.05) is 0 Å². The van der Waals surface area contributed by atoms with Crippen LogP contribution in [0.5, 0.6) is 0 Å². The minimum Gasteiger partial charge on any atom is -1.00 e. The minimum atomic E-state index is 0. The fourth-order valence-electron chi connectivity index (χ4n) is 0.253. The zero-order chi connectivity index (χ0) is 4.24. The van der Waals surface area contributed by atoms with Gasteiger partial charge in [-0.15, -0.1) is 0 Å². The number of hydrogen-bond donors (Lipinski definition) is 0. The third-order valence-electron chi connectivity index (χ3n) is 0.478. The molecule has 0 N–H and O–H groups in total. The van der Waals surface area contributed by atoms with Crippen LogP contribution >= 0.6 is 0 Å². The summed E-state index contributed by atoms with van der Waals surface area (Å²) in [6.45, 7) is 0. The first-order valence-electron chi connectivity index (χ1n) is 1.70. The van der Waals surface area contributed by atoms with Crippen LogP contribution in [0.2, 0.25) is 0 Å². The second kappa shape index (κ2) is 8.45. The summed E-state index contributed by atoms with van der Waals surface area (Å²) in [5, 5.41) is 0. The molecule has 0 bridgehead atoms. The summed E-state index contributed by atoms with van der Waals surface area (Å²) in [6.07, 6.45) is 4.88. The summed E-state index contributed by atoms with van der Waals surface area (Å²) in [5.41, 5.74) is 0. The molecule has 1 aromatic rings. The molecular formula is C4H4IKN2. The van der Waals surface area contributed by atoms with Gasteiger partial charge in [0.25, 0.3) is 0 Å². The van der Waals surface area contributed by atoms with Crippen LogP contribution < -0.4 is 75.4 Å². The zero-order valence-corrected chi connectivity index (χ0v) is 9.86. The molecule has 0 aromatic carbocycles. The average Bonchev–Trinajstić information content (AvgIpc) is 1.72. The second-order valence-corrected chi connectivity index (χ2v) is 0.904. The van der Waals surface area contributed by atoms with E-state index in [1.165, 1.54) is 6.33 Å². The van der Waals surface area contributed by atoms with Crippen molar-refractivity contribution in [1.82, 2.24) is 9.97 Å². The topological polar surface area (TPSA) is 25.8 Å². The Hall–Kier alpha value is 1.45. The Balaban J connectivity index is 0. The second-order valence-electron chi connectivity index (χ2n) is 0.904. The maximum absolute atomic E-state index is 3.67. The fourth-order valence-corrected chi connectivity index (χ4v) is 0.253. The van der Waals surface area contributed by atoms with Crippen molar-refractivity contribution in [3.05, 3.63) is 24.8 Å². The molecular weight excluding hydrogens is 242 g/mol. The standard InChI is InChI=1S/C4H4N2.HI.K/c1-2-5-4-6-3-1;;/h1-4H;1H;/q;;+1/p-1. The van der Waals surface area contributed by atoms with E-state index in [0.29, 0.717) is 0 Å². The Morgan fingerprint density at radius 1 is 1.00 bits per heavy atom. The third-order valence-corrected chi connectivity index (χ3v) is 0.478. The maximum atomic E-state index is 3.67. The van der Waals surface area contributed by atoms with E-state index >= 15 is 0 Å². The molecule has 2 nitrogen and oxygen atoms in total. The first kappa shape index (κ1) is 12.2. The SMILES string of the molecule is [I-].[K+].c1cncnc1. The molecule has 0 amide bonds. The molecule has 1 rings (SSSR count). The number of hydrogen-bond acceptors (Lipinski definition) is 2. The van der Waals surface area contributed by atoms with E-state index in [1.54, 1.807) is 18.5 Å². The molecule has 4 heteroatoms. The van der Waals surface area contributed by atoms with Crippen LogP contribution in [0.4, 0.5) is 0 Å². The minimum absolute atomic E-state index is 0. The summed E-state index contributed by atoms with van der Waals surface area (Å²) in [5.74, 6) is 0. The summed E-state index contributed by atoms with van der Waals surface area (Å²) in [6, 6.07) is 1.78. The Labute approximate surface area is 108 Å². The average molecular weight is 246 g/mol. The molecule has 0 spiro atoms. The van der Waals surface area contributed by atoms with E-state index in [9.17, 15) is 0 Å². The van der Waals surface area contributed by atoms with Crippen LogP contribution in [0.15, 0.2) is 24.8 Å². The van der Waals surface area contributed by atoms with Crippen molar-refractivity contribution in [3.63, 3.8) is 0 Å². The van der Waals surface area contributed by atoms with Crippen LogP contribution in [0.3, 0.4) is 0 Å². The van der Waals surface area contributed by atoms with Gasteiger partial charge in [-0.2, -0.15) is 0 Å². The van der Waals surface area contributed by atoms with Gasteiger partial charge in [0.15, 0.2) is 0 Å². The van der Waals surface area contributed by atoms with Gasteiger partial charge in [-0.05, 0) is 6.07 Å². The Morgan fingerprint density at radius 3 is 1.62 bits per heavy atom. The van der Waals surface area contributed by atoms with Crippen LogP contribution in [0.1, 0.15) is 0 Å². The summed E-state index contributed by atoms with van der Waals surface area (Å²) in [7, 11) is 0. The molecule has 0 aliphatic carbocycles. The van der Waals surface area contributed by atoms with Crippen LogP contribution in [0, 0.1) is 0 Å². The van der Waals surface area contributed by atoms with E-state index in [0.717, 1.165) is 0 Å². The van der Waals surface area contributed by atoms with Crippen molar-refractivity contribution >= 4 is 0 Å². The molecule has 0 atom stereocenters. The van der Waals surface area contributed by atoms with Crippen molar-refractivity contribution < 1.29 is 75.4 Å². The predicted octanol–water partition coefficient (Wildman–Crippen LogP) is -5.52. The largest absolute Gasteiger partial charge is 1.00 e. The molecule has 0 saturated heterocycles. The van der Waals surface area contributed by atoms with E-state index in [-0.39, 0.29) is 75.4 Å². The van der Waals surface area contributed by atoms with Crippen molar-refractivity contribution in [2.75, 3.05) is 0 Å². The Bertz CT molecular complexity index is 86.0. The van der Waals surface area contributed by atoms with Crippen molar-refractivity contribution in [2.24, 2.45) is 0 Å². The van der Waals surface area contributed by atoms with Gasteiger partial charge in [-0.3, -0.25) is 0 Å². The molecule has 38 valence electrons. The smallest absolute Gasteiger partial charge is 1.00 e. The summed E-state index contributed by atoms with van der Waals surface area (Å²) < 4.78 is 0. The van der Waals surface area contributed by atoms with Gasteiger partial charge in [0.1, 0.15) is 6.33 Å². The van der Waals surface area contributed by atoms with E-state index < -0.39 is 0 Å². The molecule has 0 unspecified atom stereocenters. The fraction of sp³-hybridized carbons (Fsp3) is 0. The molecule has 0 aliphatic rings. The van der Waals surface area contributed by atoms with E-state index in [4.69, 9.17) is 0 Å². The maximum Gasteiger partial charge on any atom is 1.00 e. The van der Waals surface area contributed by atoms with Crippen LogP contribution in [-0.2, 0) is 0 Å². The van der Waals surface area contributed by atoms with Gasteiger partial charge in [-0.1, -0.05) is 0 Å². The number of rotatable bonds is 0. The number of halogens is 1. The number of aromatic nitrogens is 2. The van der Waals surface area contributed by atoms with Crippen molar-refractivity contribution in [1.29, 1.82) is 0 Å². The monoisotopic (exact) mass is 246 g/mol. The van der Waals surface area contributed by atoms with Gasteiger partial charge in [-0.25, -0.2) is 9.97 Å². The van der Waals surface area contributed by atoms with Gasteiger partial charge in [0.05, 0.1) is 0 Å². The molecule has 8 heavy (non-hydrogen) atoms. The summed E-state index contributed by atoms with van der Waals surface area (Å²) >= 11 is 0. The van der Waals surface area contributed by atoms with Gasteiger partial charge >= 0.3 is 51.4 Å². The van der Waals surface area contributed by atoms with Crippen molar-refractivity contribution in [3.8, 4) is 0 Å². The summed E-state index contributed by atoms with van der Waals surface area (Å²) in [4.78, 5) is 7.35. The number of nitrogens with zero attached hydrogens (tertiary/aromatic N) is 2. The molecule has 0 radical (unpaired) electrons. The van der Waals surface area contributed by atoms with Crippen molar-refractivity contribution in [2.45, 2.75) is 0 Å². The molecule has 0 saturated carbocycles. The first-order chi connectivity index (χ1) is 3.00. The normalized spacial score (nSPS) is 6.00. The zero-order valence-electron chi connectivity index (χ0n) is 4.58. The predicted molar refractivity (Wildman–Crippen MR) is 22.0 cm³/mol. The molecule has 0 fully saturated rings. The van der Waals surface area contributed by atoms with Gasteiger partial charge < -0.3 is 24.0 Å².